The maximum Gasteiger partial charge on any atom is 0.250 e. The van der Waals surface area contributed by atoms with E-state index in [-0.39, 0.29) is 5.91 Å². The molecule has 2 aromatic carbocycles. The van der Waals surface area contributed by atoms with Crippen LogP contribution in [-0.2, 0) is 11.2 Å². The van der Waals surface area contributed by atoms with Crippen LogP contribution in [0, 0.1) is 0 Å². The van der Waals surface area contributed by atoms with Crippen LogP contribution in [0.15, 0.2) is 48.5 Å². The third-order valence-electron chi connectivity index (χ3n) is 4.94. The summed E-state index contributed by atoms with van der Waals surface area (Å²) in [4.78, 5) is 26.2. The van der Waals surface area contributed by atoms with Gasteiger partial charge in [0.05, 0.1) is 24.9 Å². The molecule has 27 heavy (non-hydrogen) atoms. The van der Waals surface area contributed by atoms with E-state index in [0.29, 0.717) is 23.8 Å². The SMILES string of the molecule is COc1ccc(C[C@H]2CCCN2CC(=O)Nc2ccccc2C(N)=O)cc1. The van der Waals surface area contributed by atoms with Crippen molar-refractivity contribution in [2.75, 3.05) is 25.5 Å². The predicted molar refractivity (Wildman–Crippen MR) is 105 cm³/mol. The predicted octanol–water partition coefficient (Wildman–Crippen LogP) is 2.44. The Labute approximate surface area is 159 Å². The number of carbonyl (C=O) groups is 2. The second-order valence-electron chi connectivity index (χ2n) is 6.78. The molecule has 142 valence electrons. The number of nitrogens with two attached hydrogens (primary N) is 1. The van der Waals surface area contributed by atoms with Gasteiger partial charge < -0.3 is 15.8 Å². The van der Waals surface area contributed by atoms with Crippen LogP contribution in [0.4, 0.5) is 5.69 Å². The Morgan fingerprint density at radius 2 is 1.93 bits per heavy atom. The third-order valence-corrected chi connectivity index (χ3v) is 4.94. The van der Waals surface area contributed by atoms with Gasteiger partial charge in [0.15, 0.2) is 0 Å². The second kappa shape index (κ2) is 8.68. The van der Waals surface area contributed by atoms with Gasteiger partial charge in [0.1, 0.15) is 5.75 Å². The van der Waals surface area contributed by atoms with E-state index in [1.165, 1.54) is 5.56 Å². The normalized spacial score (nSPS) is 16.9. The maximum absolute atomic E-state index is 12.5. The maximum atomic E-state index is 12.5. The number of methoxy groups -OCH3 is 1. The number of nitrogens with zero attached hydrogens (tertiary/aromatic N) is 1. The molecule has 0 unspecified atom stereocenters. The second-order valence-corrected chi connectivity index (χ2v) is 6.78. The van der Waals surface area contributed by atoms with Crippen molar-refractivity contribution in [1.29, 1.82) is 0 Å². The number of nitrogens with one attached hydrogen (secondary N) is 1. The molecular formula is C21H25N3O3. The molecule has 0 aliphatic carbocycles. The molecule has 0 radical (unpaired) electrons. The first-order chi connectivity index (χ1) is 13.1. The number of rotatable bonds is 7. The van der Waals surface area contributed by atoms with E-state index in [0.717, 1.165) is 31.6 Å². The van der Waals surface area contributed by atoms with Gasteiger partial charge in [-0.25, -0.2) is 0 Å². The lowest BCUT2D eigenvalue weighted by Crippen LogP contribution is -2.38. The summed E-state index contributed by atoms with van der Waals surface area (Å²) in [5, 5.41) is 2.82. The van der Waals surface area contributed by atoms with Gasteiger partial charge in [-0.15, -0.1) is 0 Å². The van der Waals surface area contributed by atoms with Crippen molar-refractivity contribution in [2.45, 2.75) is 25.3 Å². The fourth-order valence-electron chi connectivity index (χ4n) is 3.55. The highest BCUT2D eigenvalue weighted by Gasteiger charge is 2.26. The number of ether oxygens (including phenoxy) is 1. The fraction of sp³-hybridized carbons (Fsp3) is 0.333. The van der Waals surface area contributed by atoms with Crippen LogP contribution in [0.5, 0.6) is 5.75 Å². The molecular weight excluding hydrogens is 342 g/mol. The van der Waals surface area contributed by atoms with Gasteiger partial charge in [0.2, 0.25) is 5.91 Å². The molecule has 1 aliphatic rings. The Morgan fingerprint density at radius 3 is 2.63 bits per heavy atom. The highest BCUT2D eigenvalue weighted by molar-refractivity contribution is 6.03. The van der Waals surface area contributed by atoms with E-state index in [9.17, 15) is 9.59 Å². The molecule has 0 aromatic heterocycles. The summed E-state index contributed by atoms with van der Waals surface area (Å²) >= 11 is 0. The van der Waals surface area contributed by atoms with Crippen LogP contribution in [-0.4, -0.2) is 43.0 Å². The summed E-state index contributed by atoms with van der Waals surface area (Å²) in [7, 11) is 1.66. The number of hydrogen-bond acceptors (Lipinski definition) is 4. The zero-order chi connectivity index (χ0) is 19.2. The summed E-state index contributed by atoms with van der Waals surface area (Å²) in [5.74, 6) is 0.157. The summed E-state index contributed by atoms with van der Waals surface area (Å²) in [6, 6.07) is 15.2. The lowest BCUT2D eigenvalue weighted by atomic mass is 10.0. The van der Waals surface area contributed by atoms with Crippen LogP contribution in [0.2, 0.25) is 0 Å². The van der Waals surface area contributed by atoms with Crippen LogP contribution < -0.4 is 15.8 Å². The molecule has 1 heterocycles. The van der Waals surface area contributed by atoms with E-state index in [1.807, 2.05) is 12.1 Å². The largest absolute Gasteiger partial charge is 0.497 e. The Hall–Kier alpha value is -2.86. The van der Waals surface area contributed by atoms with Crippen LogP contribution in [0.25, 0.3) is 0 Å². The molecule has 1 atom stereocenters. The Morgan fingerprint density at radius 1 is 1.19 bits per heavy atom. The monoisotopic (exact) mass is 367 g/mol. The highest BCUT2D eigenvalue weighted by Crippen LogP contribution is 2.22. The number of amides is 2. The Balaban J connectivity index is 1.60. The zero-order valence-electron chi connectivity index (χ0n) is 15.5. The van der Waals surface area contributed by atoms with Gasteiger partial charge in [-0.05, 0) is 55.6 Å². The number of hydrogen-bond donors (Lipinski definition) is 2. The first-order valence-electron chi connectivity index (χ1n) is 9.12. The zero-order valence-corrected chi connectivity index (χ0v) is 15.5. The summed E-state index contributed by atoms with van der Waals surface area (Å²) in [6.07, 6.45) is 3.04. The summed E-state index contributed by atoms with van der Waals surface area (Å²) in [5.41, 5.74) is 7.38. The van der Waals surface area contributed by atoms with Crippen molar-refractivity contribution in [2.24, 2.45) is 5.73 Å². The number of likely N-dealkylation sites (tertiary alicyclic amines) is 1. The van der Waals surface area contributed by atoms with E-state index < -0.39 is 5.91 Å². The van der Waals surface area contributed by atoms with E-state index in [4.69, 9.17) is 10.5 Å². The average Bonchev–Trinajstić information content (AvgIpc) is 3.09. The number of para-hydroxylation sites is 1. The van der Waals surface area contributed by atoms with Crippen molar-refractivity contribution >= 4 is 17.5 Å². The summed E-state index contributed by atoms with van der Waals surface area (Å²) in [6.45, 7) is 1.19. The standard InChI is InChI=1S/C21H25N3O3/c1-27-17-10-8-15(9-11-17)13-16-5-4-12-24(16)14-20(25)23-19-7-3-2-6-18(19)21(22)26/h2-3,6-11,16H,4-5,12-14H2,1H3,(H2,22,26)(H,23,25)/t16-/m1/s1. The van der Waals surface area contributed by atoms with Crippen LogP contribution in [0.3, 0.4) is 0 Å². The molecule has 3 rings (SSSR count). The molecule has 1 saturated heterocycles. The van der Waals surface area contributed by atoms with E-state index in [2.05, 4.69) is 22.3 Å². The van der Waals surface area contributed by atoms with Crippen LogP contribution >= 0.6 is 0 Å². The van der Waals surface area contributed by atoms with Crippen molar-refractivity contribution in [3.8, 4) is 5.75 Å². The fourth-order valence-corrected chi connectivity index (χ4v) is 3.55. The van der Waals surface area contributed by atoms with Gasteiger partial charge in [0.25, 0.3) is 5.91 Å². The van der Waals surface area contributed by atoms with Gasteiger partial charge in [-0.2, -0.15) is 0 Å². The van der Waals surface area contributed by atoms with Crippen molar-refractivity contribution in [3.05, 3.63) is 59.7 Å². The number of primary amides is 1. The quantitative estimate of drug-likeness (QED) is 0.787. The first kappa shape index (κ1) is 18.9. The van der Waals surface area contributed by atoms with Crippen LogP contribution in [0.1, 0.15) is 28.8 Å². The number of carbonyl (C=O) groups excluding carboxylic acids is 2. The Kier molecular flexibility index (Phi) is 6.08. The van der Waals surface area contributed by atoms with Gasteiger partial charge >= 0.3 is 0 Å². The van der Waals surface area contributed by atoms with Gasteiger partial charge in [0, 0.05) is 6.04 Å². The lowest BCUT2D eigenvalue weighted by Gasteiger charge is -2.24. The minimum absolute atomic E-state index is 0.134. The smallest absolute Gasteiger partial charge is 0.250 e. The summed E-state index contributed by atoms with van der Waals surface area (Å²) < 4.78 is 5.20. The Bertz CT molecular complexity index is 805. The van der Waals surface area contributed by atoms with E-state index >= 15 is 0 Å². The minimum Gasteiger partial charge on any atom is -0.497 e. The molecule has 1 fully saturated rings. The highest BCUT2D eigenvalue weighted by atomic mass is 16.5. The van der Waals surface area contributed by atoms with Gasteiger partial charge in [-0.1, -0.05) is 24.3 Å². The number of benzene rings is 2. The molecule has 0 saturated carbocycles. The third kappa shape index (κ3) is 4.86. The molecule has 3 N–H and O–H groups in total. The topological polar surface area (TPSA) is 84.7 Å². The molecule has 2 aromatic rings. The molecule has 6 heteroatoms. The molecule has 1 aliphatic heterocycles. The molecule has 0 spiro atoms. The molecule has 0 bridgehead atoms. The van der Waals surface area contributed by atoms with Crippen molar-refractivity contribution < 1.29 is 14.3 Å². The lowest BCUT2D eigenvalue weighted by molar-refractivity contribution is -0.117. The first-order valence-corrected chi connectivity index (χ1v) is 9.12. The average molecular weight is 367 g/mol. The molecule has 2 amide bonds. The van der Waals surface area contributed by atoms with Crippen molar-refractivity contribution in [1.82, 2.24) is 4.90 Å². The minimum atomic E-state index is -0.551. The van der Waals surface area contributed by atoms with E-state index in [1.54, 1.807) is 31.4 Å². The van der Waals surface area contributed by atoms with Gasteiger partial charge in [-0.3, -0.25) is 14.5 Å². The molecule has 6 nitrogen and oxygen atoms in total. The number of anilines is 1. The van der Waals surface area contributed by atoms with Crippen molar-refractivity contribution in [3.63, 3.8) is 0 Å².